The van der Waals surface area contributed by atoms with Crippen molar-refractivity contribution in [2.75, 3.05) is 42.7 Å². The van der Waals surface area contributed by atoms with E-state index in [1.54, 1.807) is 23.9 Å². The van der Waals surface area contributed by atoms with Crippen molar-refractivity contribution in [2.45, 2.75) is 41.9 Å². The highest BCUT2D eigenvalue weighted by molar-refractivity contribution is 7.98. The number of sulfonamides is 1. The Labute approximate surface area is 195 Å². The maximum Gasteiger partial charge on any atom is 0.243 e. The summed E-state index contributed by atoms with van der Waals surface area (Å²) in [5.41, 5.74) is 1.99. The molecule has 2 aromatic rings. The normalized spacial score (nSPS) is 18.5. The molecule has 2 aliphatic heterocycles. The van der Waals surface area contributed by atoms with Crippen LogP contribution in [-0.2, 0) is 14.8 Å². The molecule has 4 rings (SSSR count). The summed E-state index contributed by atoms with van der Waals surface area (Å²) in [5, 5.41) is 3.01. The Bertz CT molecular complexity index is 1010. The number of nitrogens with zero attached hydrogens (tertiary/aromatic N) is 2. The first kappa shape index (κ1) is 23.1. The first-order valence-corrected chi connectivity index (χ1v) is 13.9. The molecular formula is C24H31N3O3S2. The van der Waals surface area contributed by atoms with E-state index in [-0.39, 0.29) is 11.8 Å². The van der Waals surface area contributed by atoms with E-state index in [0.29, 0.717) is 30.8 Å². The van der Waals surface area contributed by atoms with Crippen LogP contribution >= 0.6 is 11.8 Å². The highest BCUT2D eigenvalue weighted by atomic mass is 32.2. The quantitative estimate of drug-likeness (QED) is 0.628. The Morgan fingerprint density at radius 2 is 1.53 bits per heavy atom. The summed E-state index contributed by atoms with van der Waals surface area (Å²) in [6.45, 7) is 2.90. The van der Waals surface area contributed by atoms with Crippen LogP contribution in [-0.4, -0.2) is 51.1 Å². The summed E-state index contributed by atoms with van der Waals surface area (Å²) in [6.07, 6.45) is 6.78. The molecule has 8 heteroatoms. The molecule has 6 nitrogen and oxygen atoms in total. The van der Waals surface area contributed by atoms with E-state index in [9.17, 15) is 13.2 Å². The van der Waals surface area contributed by atoms with Gasteiger partial charge >= 0.3 is 0 Å². The number of thioether (sulfide) groups is 1. The highest BCUT2D eigenvalue weighted by Crippen LogP contribution is 2.27. The van der Waals surface area contributed by atoms with Crippen LogP contribution in [0.25, 0.3) is 0 Å². The second-order valence-corrected chi connectivity index (χ2v) is 11.3. The van der Waals surface area contributed by atoms with Gasteiger partial charge in [-0.3, -0.25) is 4.79 Å². The van der Waals surface area contributed by atoms with E-state index in [1.807, 2.05) is 30.5 Å². The first-order chi connectivity index (χ1) is 15.5. The van der Waals surface area contributed by atoms with Crippen LogP contribution in [0.4, 0.5) is 11.4 Å². The molecule has 1 amide bonds. The minimum Gasteiger partial charge on any atom is -0.372 e. The molecule has 0 radical (unpaired) electrons. The summed E-state index contributed by atoms with van der Waals surface area (Å²) >= 11 is 1.58. The molecule has 2 fully saturated rings. The lowest BCUT2D eigenvalue weighted by atomic mass is 9.97. The van der Waals surface area contributed by atoms with Crippen LogP contribution in [0.5, 0.6) is 0 Å². The number of rotatable bonds is 6. The zero-order valence-electron chi connectivity index (χ0n) is 18.5. The van der Waals surface area contributed by atoms with Crippen molar-refractivity contribution < 1.29 is 13.2 Å². The minimum atomic E-state index is -3.52. The van der Waals surface area contributed by atoms with Gasteiger partial charge in [0.05, 0.1) is 4.90 Å². The fraction of sp³-hybridized carbons (Fsp3) is 0.458. The van der Waals surface area contributed by atoms with E-state index in [2.05, 4.69) is 22.3 Å². The number of anilines is 2. The molecule has 0 spiro atoms. The fourth-order valence-corrected chi connectivity index (χ4v) is 6.29. The van der Waals surface area contributed by atoms with Crippen LogP contribution in [0.15, 0.2) is 58.3 Å². The Kier molecular flexibility index (Phi) is 7.43. The molecule has 0 unspecified atom stereocenters. The highest BCUT2D eigenvalue weighted by Gasteiger charge is 2.32. The Hall–Kier alpha value is -2.03. The lowest BCUT2D eigenvalue weighted by molar-refractivity contribution is -0.120. The van der Waals surface area contributed by atoms with Crippen molar-refractivity contribution in [3.05, 3.63) is 48.5 Å². The number of hydrogen-bond donors (Lipinski definition) is 1. The van der Waals surface area contributed by atoms with E-state index in [1.165, 1.54) is 29.3 Å². The van der Waals surface area contributed by atoms with E-state index in [4.69, 9.17) is 0 Å². The number of carbonyl (C=O) groups is 1. The number of carbonyl (C=O) groups excluding carboxylic acids is 1. The summed E-state index contributed by atoms with van der Waals surface area (Å²) in [7, 11) is -3.52. The second kappa shape index (κ2) is 10.3. The van der Waals surface area contributed by atoms with Gasteiger partial charge in [0, 0.05) is 48.4 Å². The third-order valence-electron chi connectivity index (χ3n) is 6.38. The van der Waals surface area contributed by atoms with Gasteiger partial charge in [-0.2, -0.15) is 4.31 Å². The topological polar surface area (TPSA) is 69.7 Å². The summed E-state index contributed by atoms with van der Waals surface area (Å²) in [4.78, 5) is 16.5. The fourth-order valence-electron chi connectivity index (χ4n) is 4.41. The maximum atomic E-state index is 12.9. The first-order valence-electron chi connectivity index (χ1n) is 11.3. The summed E-state index contributed by atoms with van der Waals surface area (Å²) < 4.78 is 27.4. The molecule has 2 saturated heterocycles. The van der Waals surface area contributed by atoms with Gasteiger partial charge in [0.15, 0.2) is 0 Å². The predicted molar refractivity (Wildman–Crippen MR) is 131 cm³/mol. The smallest absolute Gasteiger partial charge is 0.243 e. The Morgan fingerprint density at radius 3 is 2.12 bits per heavy atom. The van der Waals surface area contributed by atoms with Gasteiger partial charge in [-0.05, 0) is 86.9 Å². The van der Waals surface area contributed by atoms with Crippen molar-refractivity contribution >= 4 is 39.1 Å². The van der Waals surface area contributed by atoms with E-state index < -0.39 is 10.0 Å². The van der Waals surface area contributed by atoms with E-state index in [0.717, 1.165) is 23.7 Å². The third-order valence-corrected chi connectivity index (χ3v) is 9.03. The molecule has 2 aliphatic rings. The molecule has 0 aromatic heterocycles. The maximum absolute atomic E-state index is 12.9. The van der Waals surface area contributed by atoms with Crippen molar-refractivity contribution in [3.8, 4) is 0 Å². The number of piperidine rings is 2. The van der Waals surface area contributed by atoms with Crippen molar-refractivity contribution in [1.82, 2.24) is 4.31 Å². The van der Waals surface area contributed by atoms with Crippen LogP contribution in [0.3, 0.4) is 0 Å². The minimum absolute atomic E-state index is 0.0305. The molecule has 172 valence electrons. The van der Waals surface area contributed by atoms with E-state index >= 15 is 0 Å². The predicted octanol–water partition coefficient (Wildman–Crippen LogP) is 4.44. The van der Waals surface area contributed by atoms with Crippen molar-refractivity contribution in [3.63, 3.8) is 0 Å². The SMILES string of the molecule is CSc1ccc(S(=O)(=O)N2CCC(C(=O)Nc3ccc(N4CCCCC4)cc3)CC2)cc1. The summed E-state index contributed by atoms with van der Waals surface area (Å²) in [5.74, 6) is -0.209. The van der Waals surface area contributed by atoms with Gasteiger partial charge in [-0.15, -0.1) is 11.8 Å². The number of nitrogens with one attached hydrogen (secondary N) is 1. The van der Waals surface area contributed by atoms with Crippen LogP contribution < -0.4 is 10.2 Å². The monoisotopic (exact) mass is 473 g/mol. The third kappa shape index (κ3) is 5.30. The zero-order valence-corrected chi connectivity index (χ0v) is 20.1. The molecule has 0 bridgehead atoms. The van der Waals surface area contributed by atoms with Crippen LogP contribution in [0.1, 0.15) is 32.1 Å². The molecule has 32 heavy (non-hydrogen) atoms. The van der Waals surface area contributed by atoms with Gasteiger partial charge in [-0.1, -0.05) is 0 Å². The molecule has 0 atom stereocenters. The molecule has 0 saturated carbocycles. The zero-order chi connectivity index (χ0) is 22.6. The average molecular weight is 474 g/mol. The van der Waals surface area contributed by atoms with Crippen LogP contribution in [0.2, 0.25) is 0 Å². The lowest BCUT2D eigenvalue weighted by Crippen LogP contribution is -2.41. The van der Waals surface area contributed by atoms with Gasteiger partial charge in [0.1, 0.15) is 0 Å². The molecule has 2 aromatic carbocycles. The Morgan fingerprint density at radius 1 is 0.906 bits per heavy atom. The van der Waals surface area contributed by atoms with Crippen molar-refractivity contribution in [1.29, 1.82) is 0 Å². The van der Waals surface area contributed by atoms with Gasteiger partial charge in [0.2, 0.25) is 15.9 Å². The standard InChI is InChI=1S/C24H31N3O3S2/c1-31-22-9-11-23(12-10-22)32(29,30)27-17-13-19(14-18-27)24(28)25-20-5-7-21(8-6-20)26-15-3-2-4-16-26/h5-12,19H,2-4,13-18H2,1H3,(H,25,28). The molecule has 2 heterocycles. The average Bonchev–Trinajstić information content (AvgIpc) is 2.85. The molecule has 1 N–H and O–H groups in total. The van der Waals surface area contributed by atoms with Gasteiger partial charge in [0.25, 0.3) is 0 Å². The van der Waals surface area contributed by atoms with Gasteiger partial charge in [-0.25, -0.2) is 8.42 Å². The van der Waals surface area contributed by atoms with Gasteiger partial charge < -0.3 is 10.2 Å². The summed E-state index contributed by atoms with van der Waals surface area (Å²) in [6, 6.07) is 15.0. The molecule has 0 aliphatic carbocycles. The number of amides is 1. The number of hydrogen-bond acceptors (Lipinski definition) is 5. The van der Waals surface area contributed by atoms with Crippen molar-refractivity contribution in [2.24, 2.45) is 5.92 Å². The second-order valence-electron chi connectivity index (χ2n) is 8.44. The Balaban J connectivity index is 1.31. The molecular weight excluding hydrogens is 442 g/mol. The lowest BCUT2D eigenvalue weighted by Gasteiger charge is -2.30. The number of benzene rings is 2. The largest absolute Gasteiger partial charge is 0.372 e. The van der Waals surface area contributed by atoms with Crippen LogP contribution in [0, 0.1) is 5.92 Å².